The molecule has 1 N–H and O–H groups in total. The van der Waals surface area contributed by atoms with Gasteiger partial charge in [0, 0.05) is 25.7 Å². The Bertz CT molecular complexity index is 161. The van der Waals surface area contributed by atoms with Gasteiger partial charge >= 0.3 is 0 Å². The first-order valence-corrected chi connectivity index (χ1v) is 5.63. The average Bonchev–Trinajstić information content (AvgIpc) is 2.14. The van der Waals surface area contributed by atoms with Crippen LogP contribution in [0, 0.1) is 5.92 Å². The first-order valence-electron chi connectivity index (χ1n) is 5.63. The molecular weight excluding hydrogens is 176 g/mol. The lowest BCUT2D eigenvalue weighted by atomic mass is 10.1. The lowest BCUT2D eigenvalue weighted by Gasteiger charge is -2.31. The molecule has 1 fully saturated rings. The smallest absolute Gasteiger partial charge is 0.0826 e. The van der Waals surface area contributed by atoms with Crippen molar-refractivity contribution in [1.82, 2.24) is 10.2 Å². The number of morpholine rings is 1. The molecule has 1 rings (SSSR count). The first-order chi connectivity index (χ1) is 6.59. The summed E-state index contributed by atoms with van der Waals surface area (Å²) in [6, 6.07) is 0.575. The molecule has 1 aliphatic rings. The quantitative estimate of drug-likeness (QED) is 0.731. The van der Waals surface area contributed by atoms with Crippen molar-refractivity contribution in [3.63, 3.8) is 0 Å². The van der Waals surface area contributed by atoms with Crippen molar-refractivity contribution in [1.29, 1.82) is 0 Å². The van der Waals surface area contributed by atoms with E-state index >= 15 is 0 Å². The molecule has 0 aromatic carbocycles. The standard InChI is InChI=1S/C11H24N2O/c1-9(2)10(3)12-7-11-8-13(4)5-6-14-11/h9-12H,5-8H2,1-4H3/t10-,11-/m1/s1. The maximum Gasteiger partial charge on any atom is 0.0826 e. The highest BCUT2D eigenvalue weighted by atomic mass is 16.5. The van der Waals surface area contributed by atoms with Crippen molar-refractivity contribution >= 4 is 0 Å². The highest BCUT2D eigenvalue weighted by Gasteiger charge is 2.18. The number of nitrogens with one attached hydrogen (secondary N) is 1. The predicted molar refractivity (Wildman–Crippen MR) is 59.5 cm³/mol. The molecule has 1 heterocycles. The summed E-state index contributed by atoms with van der Waals surface area (Å²) in [4.78, 5) is 2.33. The minimum atomic E-state index is 0.370. The Labute approximate surface area is 87.8 Å². The van der Waals surface area contributed by atoms with Crippen molar-refractivity contribution < 1.29 is 4.74 Å². The van der Waals surface area contributed by atoms with E-state index in [0.717, 1.165) is 26.2 Å². The van der Waals surface area contributed by atoms with E-state index in [1.165, 1.54) is 0 Å². The van der Waals surface area contributed by atoms with Gasteiger partial charge in [0.15, 0.2) is 0 Å². The summed E-state index contributed by atoms with van der Waals surface area (Å²) >= 11 is 0. The van der Waals surface area contributed by atoms with E-state index in [9.17, 15) is 0 Å². The molecule has 3 heteroatoms. The van der Waals surface area contributed by atoms with Gasteiger partial charge in [-0.25, -0.2) is 0 Å². The summed E-state index contributed by atoms with van der Waals surface area (Å²) in [5.74, 6) is 0.691. The molecular formula is C11H24N2O. The van der Waals surface area contributed by atoms with Crippen LogP contribution in [-0.4, -0.2) is 50.3 Å². The number of nitrogens with zero attached hydrogens (tertiary/aromatic N) is 1. The molecule has 0 bridgehead atoms. The van der Waals surface area contributed by atoms with Crippen LogP contribution in [0.1, 0.15) is 20.8 Å². The molecule has 14 heavy (non-hydrogen) atoms. The second-order valence-electron chi connectivity index (χ2n) is 4.70. The van der Waals surface area contributed by atoms with E-state index in [1.807, 2.05) is 0 Å². The van der Waals surface area contributed by atoms with Crippen LogP contribution in [0.4, 0.5) is 0 Å². The summed E-state index contributed by atoms with van der Waals surface area (Å²) in [6.45, 7) is 10.7. The molecule has 0 amide bonds. The lowest BCUT2D eigenvalue weighted by Crippen LogP contribution is -2.47. The minimum absolute atomic E-state index is 0.370. The third-order valence-electron chi connectivity index (χ3n) is 3.01. The number of likely N-dealkylation sites (N-methyl/N-ethyl adjacent to an activating group) is 1. The van der Waals surface area contributed by atoms with Gasteiger partial charge in [-0.3, -0.25) is 0 Å². The molecule has 84 valence electrons. The minimum Gasteiger partial charge on any atom is -0.374 e. The Morgan fingerprint density at radius 3 is 2.71 bits per heavy atom. The van der Waals surface area contributed by atoms with E-state index in [0.29, 0.717) is 18.1 Å². The fourth-order valence-electron chi connectivity index (χ4n) is 1.54. The summed E-state index contributed by atoms with van der Waals surface area (Å²) in [5.41, 5.74) is 0. The number of hydrogen-bond acceptors (Lipinski definition) is 3. The Morgan fingerprint density at radius 2 is 2.14 bits per heavy atom. The third kappa shape index (κ3) is 3.95. The van der Waals surface area contributed by atoms with Crippen LogP contribution in [0.2, 0.25) is 0 Å². The molecule has 0 radical (unpaired) electrons. The van der Waals surface area contributed by atoms with E-state index in [4.69, 9.17) is 4.74 Å². The van der Waals surface area contributed by atoms with Crippen LogP contribution in [0.25, 0.3) is 0 Å². The molecule has 1 saturated heterocycles. The Balaban J connectivity index is 2.17. The Hall–Kier alpha value is -0.120. The van der Waals surface area contributed by atoms with Crippen molar-refractivity contribution in [2.75, 3.05) is 33.3 Å². The second-order valence-corrected chi connectivity index (χ2v) is 4.70. The van der Waals surface area contributed by atoms with Gasteiger partial charge in [-0.15, -0.1) is 0 Å². The van der Waals surface area contributed by atoms with Gasteiger partial charge in [-0.05, 0) is 19.9 Å². The Kier molecular flexibility index (Phi) is 4.85. The van der Waals surface area contributed by atoms with Gasteiger partial charge in [0.25, 0.3) is 0 Å². The van der Waals surface area contributed by atoms with Crippen molar-refractivity contribution in [3.8, 4) is 0 Å². The number of ether oxygens (including phenoxy) is 1. The molecule has 3 nitrogen and oxygen atoms in total. The van der Waals surface area contributed by atoms with Crippen molar-refractivity contribution in [2.45, 2.75) is 32.9 Å². The van der Waals surface area contributed by atoms with Gasteiger partial charge < -0.3 is 15.0 Å². The Morgan fingerprint density at radius 1 is 1.43 bits per heavy atom. The van der Waals surface area contributed by atoms with Crippen molar-refractivity contribution in [3.05, 3.63) is 0 Å². The van der Waals surface area contributed by atoms with Crippen LogP contribution in [-0.2, 0) is 4.74 Å². The molecule has 0 saturated carbocycles. The van der Waals surface area contributed by atoms with Crippen LogP contribution < -0.4 is 5.32 Å². The average molecular weight is 200 g/mol. The topological polar surface area (TPSA) is 24.5 Å². The zero-order valence-corrected chi connectivity index (χ0v) is 9.92. The molecule has 1 aliphatic heterocycles. The summed E-state index contributed by atoms with van der Waals surface area (Å²) in [7, 11) is 2.15. The number of hydrogen-bond donors (Lipinski definition) is 1. The zero-order valence-electron chi connectivity index (χ0n) is 9.92. The molecule has 2 atom stereocenters. The highest BCUT2D eigenvalue weighted by molar-refractivity contribution is 4.74. The fraction of sp³-hybridized carbons (Fsp3) is 1.00. The third-order valence-corrected chi connectivity index (χ3v) is 3.01. The largest absolute Gasteiger partial charge is 0.374 e. The van der Waals surface area contributed by atoms with E-state index in [1.54, 1.807) is 0 Å². The maximum absolute atomic E-state index is 5.67. The molecule has 0 aromatic rings. The van der Waals surface area contributed by atoms with Gasteiger partial charge in [-0.1, -0.05) is 13.8 Å². The van der Waals surface area contributed by atoms with E-state index < -0.39 is 0 Å². The van der Waals surface area contributed by atoms with Gasteiger partial charge in [0.2, 0.25) is 0 Å². The fourth-order valence-corrected chi connectivity index (χ4v) is 1.54. The first kappa shape index (κ1) is 12.0. The molecule has 0 aromatic heterocycles. The maximum atomic E-state index is 5.67. The summed E-state index contributed by atoms with van der Waals surface area (Å²) < 4.78 is 5.67. The second kappa shape index (κ2) is 5.69. The van der Waals surface area contributed by atoms with Crippen LogP contribution in [0.5, 0.6) is 0 Å². The van der Waals surface area contributed by atoms with Crippen LogP contribution >= 0.6 is 0 Å². The SMILES string of the molecule is CC(C)[C@@H](C)NC[C@@H]1CN(C)CCO1. The normalized spacial score (nSPS) is 26.8. The zero-order chi connectivity index (χ0) is 10.6. The molecule has 0 spiro atoms. The van der Waals surface area contributed by atoms with Gasteiger partial charge in [0.1, 0.15) is 0 Å². The van der Waals surface area contributed by atoms with Gasteiger partial charge in [0.05, 0.1) is 12.7 Å². The van der Waals surface area contributed by atoms with E-state index in [-0.39, 0.29) is 0 Å². The van der Waals surface area contributed by atoms with Crippen LogP contribution in [0.15, 0.2) is 0 Å². The monoisotopic (exact) mass is 200 g/mol. The molecule has 0 unspecified atom stereocenters. The summed E-state index contributed by atoms with van der Waals surface area (Å²) in [6.07, 6.45) is 0.370. The van der Waals surface area contributed by atoms with Crippen molar-refractivity contribution in [2.24, 2.45) is 5.92 Å². The van der Waals surface area contributed by atoms with E-state index in [2.05, 4.69) is 38.0 Å². The van der Waals surface area contributed by atoms with Gasteiger partial charge in [-0.2, -0.15) is 0 Å². The predicted octanol–water partition coefficient (Wildman–Crippen LogP) is 0.951. The lowest BCUT2D eigenvalue weighted by molar-refractivity contribution is -0.0195. The highest BCUT2D eigenvalue weighted by Crippen LogP contribution is 2.04. The molecule has 0 aliphatic carbocycles. The van der Waals surface area contributed by atoms with Crippen LogP contribution in [0.3, 0.4) is 0 Å². The number of rotatable bonds is 4. The summed E-state index contributed by atoms with van der Waals surface area (Å²) in [5, 5.41) is 3.52.